The molecule has 11 nitrogen and oxygen atoms in total. The minimum Gasteiger partial charge on any atom is -0.261 e. The minimum absolute atomic E-state index is 0.162. The Kier molecular flexibility index (Phi) is 4.56. The smallest absolute Gasteiger partial charge is 0.261 e. The lowest BCUT2D eigenvalue weighted by molar-refractivity contribution is -0.974. The summed E-state index contributed by atoms with van der Waals surface area (Å²) in [4.78, 5) is 36.6. The summed E-state index contributed by atoms with van der Waals surface area (Å²) >= 11 is 0.447. The van der Waals surface area contributed by atoms with Crippen molar-refractivity contribution in [2.45, 2.75) is 12.8 Å². The van der Waals surface area contributed by atoms with Crippen LogP contribution in [0.5, 0.6) is 0 Å². The Morgan fingerprint density at radius 1 is 1.19 bits per heavy atom. The molecule has 1 amide bonds. The van der Waals surface area contributed by atoms with Gasteiger partial charge in [0.1, 0.15) is 0 Å². The van der Waals surface area contributed by atoms with Crippen molar-refractivity contribution in [2.24, 2.45) is 0 Å². The maximum atomic E-state index is 10.9. The van der Waals surface area contributed by atoms with Crippen molar-refractivity contribution < 1.29 is 19.6 Å². The number of nitrogens with zero attached hydrogens (tertiary/aromatic N) is 3. The normalized spacial score (nSPS) is 10.6. The molecule has 0 saturated carbocycles. The number of amides is 1. The molecule has 0 radical (unpaired) electrons. The molecule has 0 aromatic carbocycles. The average molecular weight is 254 g/mol. The quantitative estimate of drug-likeness (QED) is 0.404. The number of thioether (sulfide) groups is 1. The summed E-state index contributed by atoms with van der Waals surface area (Å²) < 4.78 is 0. The summed E-state index contributed by atoms with van der Waals surface area (Å²) in [5.41, 5.74) is 0. The number of carbonyl (C=O) groups excluding carboxylic acids is 1. The molecule has 0 aromatic rings. The van der Waals surface area contributed by atoms with Crippen LogP contribution in [0.1, 0.15) is 6.92 Å². The van der Waals surface area contributed by atoms with Crippen LogP contribution >= 0.6 is 11.8 Å². The van der Waals surface area contributed by atoms with Crippen LogP contribution in [-0.4, -0.2) is 31.7 Å². The third-order valence-electron chi connectivity index (χ3n) is 1.31. The maximum Gasteiger partial charge on any atom is 0.802 e. The van der Waals surface area contributed by atoms with Crippen LogP contribution in [-0.2, 0) is 0 Å². The summed E-state index contributed by atoms with van der Waals surface area (Å²) in [5.74, 6) is -3.77. The molecule has 0 heterocycles. The molecule has 0 aromatic heterocycles. The molecule has 12 heteroatoms. The first-order valence-electron chi connectivity index (χ1n) is 3.67. The lowest BCUT2D eigenvalue weighted by Gasteiger charge is -2.08. The number of hydrogen-bond acceptors (Lipinski definition) is 8. The fourth-order valence-electron chi connectivity index (χ4n) is 0.641. The van der Waals surface area contributed by atoms with Crippen molar-refractivity contribution in [2.75, 3.05) is 5.75 Å². The third-order valence-corrected chi connectivity index (χ3v) is 1.96. The Morgan fingerprint density at radius 2 is 1.56 bits per heavy atom. The van der Waals surface area contributed by atoms with E-state index in [4.69, 9.17) is 0 Å². The van der Waals surface area contributed by atoms with E-state index in [1.54, 1.807) is 0 Å². The molecule has 16 heavy (non-hydrogen) atoms. The molecule has 0 atom stereocenters. The predicted molar refractivity (Wildman–Crippen MR) is 50.4 cm³/mol. The molecule has 0 fully saturated rings. The molecule has 90 valence electrons. The van der Waals surface area contributed by atoms with Gasteiger partial charge in [0, 0.05) is 0 Å². The zero-order valence-electron chi connectivity index (χ0n) is 7.81. The van der Waals surface area contributed by atoms with Crippen molar-refractivity contribution in [3.63, 3.8) is 0 Å². The van der Waals surface area contributed by atoms with Crippen molar-refractivity contribution in [1.29, 1.82) is 0 Å². The third kappa shape index (κ3) is 2.53. The first-order valence-corrected chi connectivity index (χ1v) is 4.66. The van der Waals surface area contributed by atoms with E-state index in [0.717, 1.165) is 5.32 Å². The fourth-order valence-corrected chi connectivity index (χ4v) is 1.11. The second-order valence-corrected chi connectivity index (χ2v) is 3.49. The maximum absolute atomic E-state index is 10.9. The average Bonchev–Trinajstić information content (AvgIpc) is 2.12. The Hall–Kier alpha value is -1.98. The van der Waals surface area contributed by atoms with E-state index >= 15 is 0 Å². The van der Waals surface area contributed by atoms with E-state index in [-0.39, 0.29) is 5.75 Å². The van der Waals surface area contributed by atoms with Gasteiger partial charge in [0.15, 0.2) is 14.8 Å². The van der Waals surface area contributed by atoms with E-state index < -0.39 is 25.9 Å². The molecule has 0 aliphatic carbocycles. The second-order valence-electron chi connectivity index (χ2n) is 2.25. The van der Waals surface area contributed by atoms with Gasteiger partial charge in [-0.05, 0) is 5.75 Å². The lowest BCUT2D eigenvalue weighted by Crippen LogP contribution is -2.64. The van der Waals surface area contributed by atoms with E-state index in [0.29, 0.717) is 11.8 Å². The number of carbonyl (C=O) groups is 1. The Morgan fingerprint density at radius 3 is 1.81 bits per heavy atom. The zero-order valence-corrected chi connectivity index (χ0v) is 8.63. The van der Waals surface area contributed by atoms with Crippen LogP contribution in [0.3, 0.4) is 0 Å². The van der Waals surface area contributed by atoms with Gasteiger partial charge in [-0.1, -0.05) is 18.7 Å². The fraction of sp³-hybridized carbons (Fsp3) is 0.750. The molecule has 0 saturated heterocycles. The summed E-state index contributed by atoms with van der Waals surface area (Å²) in [5, 5.41) is 31.0. The highest BCUT2D eigenvalue weighted by Gasteiger charge is 2.73. The highest BCUT2D eigenvalue weighted by atomic mass is 32.2. The van der Waals surface area contributed by atoms with Gasteiger partial charge in [0.25, 0.3) is 5.24 Å². The van der Waals surface area contributed by atoms with Crippen molar-refractivity contribution >= 4 is 17.0 Å². The summed E-state index contributed by atoms with van der Waals surface area (Å²) in [6.45, 7) is 1.50. The van der Waals surface area contributed by atoms with Gasteiger partial charge in [-0.3, -0.25) is 35.1 Å². The van der Waals surface area contributed by atoms with Gasteiger partial charge < -0.3 is 0 Å². The van der Waals surface area contributed by atoms with Gasteiger partial charge in [0.2, 0.25) is 0 Å². The highest BCUT2D eigenvalue weighted by molar-refractivity contribution is 8.13. The van der Waals surface area contributed by atoms with Crippen LogP contribution in [0, 0.1) is 30.3 Å². The SMILES string of the molecule is CCSC(=O)NC([N+](=O)[O-])([N+](=O)[O-])[N+](=O)[O-]. The number of nitro groups is 3. The first kappa shape index (κ1) is 14.0. The van der Waals surface area contributed by atoms with Crippen LogP contribution in [0.15, 0.2) is 0 Å². The molecule has 1 N–H and O–H groups in total. The van der Waals surface area contributed by atoms with Crippen molar-refractivity contribution in [3.05, 3.63) is 30.3 Å². The molecular formula is C4H6N4O7S. The molecular weight excluding hydrogens is 248 g/mol. The zero-order chi connectivity index (χ0) is 12.9. The van der Waals surface area contributed by atoms with E-state index in [9.17, 15) is 35.1 Å². The van der Waals surface area contributed by atoms with Crippen LogP contribution in [0.4, 0.5) is 4.79 Å². The molecule has 0 rings (SSSR count). The molecule has 0 aliphatic rings. The molecule has 0 spiro atoms. The Balaban J connectivity index is 5.22. The van der Waals surface area contributed by atoms with Crippen molar-refractivity contribution in [1.82, 2.24) is 5.32 Å². The predicted octanol–water partition coefficient (Wildman–Crippen LogP) is -0.110. The number of nitrogens with one attached hydrogen (secondary N) is 1. The van der Waals surface area contributed by atoms with E-state index in [1.165, 1.54) is 6.92 Å². The van der Waals surface area contributed by atoms with Gasteiger partial charge >= 0.3 is 5.91 Å². The summed E-state index contributed by atoms with van der Waals surface area (Å²) in [6, 6.07) is 0. The highest BCUT2D eigenvalue weighted by Crippen LogP contribution is 2.11. The first-order chi connectivity index (χ1) is 7.28. The van der Waals surface area contributed by atoms with Gasteiger partial charge in [0.05, 0.1) is 0 Å². The molecule has 0 unspecified atom stereocenters. The van der Waals surface area contributed by atoms with E-state index in [2.05, 4.69) is 0 Å². The van der Waals surface area contributed by atoms with Crippen LogP contribution < -0.4 is 5.32 Å². The number of rotatable bonds is 5. The van der Waals surface area contributed by atoms with Gasteiger partial charge in [-0.25, -0.2) is 0 Å². The lowest BCUT2D eigenvalue weighted by atomic mass is 10.6. The summed E-state index contributed by atoms with van der Waals surface area (Å²) in [6.07, 6.45) is 0. The minimum atomic E-state index is -3.93. The van der Waals surface area contributed by atoms with Gasteiger partial charge in [-0.2, -0.15) is 0 Å². The van der Waals surface area contributed by atoms with Crippen LogP contribution in [0.25, 0.3) is 0 Å². The molecule has 0 aliphatic heterocycles. The van der Waals surface area contributed by atoms with E-state index in [1.807, 2.05) is 0 Å². The Bertz CT molecular complexity index is 307. The van der Waals surface area contributed by atoms with Crippen LogP contribution in [0.2, 0.25) is 0 Å². The summed E-state index contributed by atoms with van der Waals surface area (Å²) in [7, 11) is 0. The van der Waals surface area contributed by atoms with Gasteiger partial charge in [-0.15, -0.1) is 5.32 Å². The standard InChI is InChI=1S/C4H6N4O7S/c1-2-16-3(9)5-4(6(10)11,7(12)13)8(14)15/h2H2,1H3,(H,5,9). The largest absolute Gasteiger partial charge is 0.802 e. The second kappa shape index (κ2) is 5.20. The monoisotopic (exact) mass is 254 g/mol. The van der Waals surface area contributed by atoms with Crippen molar-refractivity contribution in [3.8, 4) is 0 Å². The number of hydrogen-bond donors (Lipinski definition) is 1. The Labute approximate surface area is 91.6 Å². The molecule has 0 bridgehead atoms. The topological polar surface area (TPSA) is 159 Å².